The number of aromatic nitrogens is 1. The Labute approximate surface area is 441 Å². The minimum atomic E-state index is -6.13. The van der Waals surface area contributed by atoms with Gasteiger partial charge in [-0.25, -0.2) is 0 Å². The molecule has 0 fully saturated rings. The summed E-state index contributed by atoms with van der Waals surface area (Å²) in [5.74, 6) is 0.857. The maximum absolute atomic E-state index is 14.2. The maximum Gasteiger partial charge on any atom is 0.416 e. The minimum absolute atomic E-state index is 0.0821. The van der Waals surface area contributed by atoms with E-state index in [9.17, 15) is 110 Å². The van der Waals surface area contributed by atoms with Crippen LogP contribution in [0.2, 0.25) is 0 Å². The number of carbonyl (C=O) groups is 1. The van der Waals surface area contributed by atoms with Gasteiger partial charge in [-0.2, -0.15) is 132 Å². The number of Topliss-reactive ketones (excluding diaryl/α,β-unsaturated/α-hetero) is 1. The van der Waals surface area contributed by atoms with Crippen LogP contribution < -0.4 is 31.2 Å². The smallest absolute Gasteiger partial charge is 0.416 e. The third-order valence-corrected chi connectivity index (χ3v) is 12.1. The van der Waals surface area contributed by atoms with Gasteiger partial charge >= 0.3 is 49.4 Å². The molecular weight excluding hydrogens is 1150 g/mol. The third kappa shape index (κ3) is 14.7. The molecule has 0 unspecified atom stereocenters. The van der Waals surface area contributed by atoms with Crippen molar-refractivity contribution in [3.8, 4) is 5.75 Å². The Kier molecular flexibility index (Phi) is 16.6. The van der Waals surface area contributed by atoms with E-state index in [2.05, 4.69) is 12.1 Å². The first-order valence-electron chi connectivity index (χ1n) is 22.7. The summed E-state index contributed by atoms with van der Waals surface area (Å²) in [6, 6.07) is 10.6. The molecule has 0 N–H and O–H groups in total. The van der Waals surface area contributed by atoms with Crippen LogP contribution in [0.5, 0.6) is 5.75 Å². The van der Waals surface area contributed by atoms with Crippen LogP contribution in [0.1, 0.15) is 75.6 Å². The predicted octanol–water partition coefficient (Wildman–Crippen LogP) is 15.4. The summed E-state index contributed by atoms with van der Waals surface area (Å²) >= 11 is 0. The van der Waals surface area contributed by atoms with Crippen molar-refractivity contribution in [1.29, 1.82) is 0 Å². The molecule has 6 aromatic carbocycles. The van der Waals surface area contributed by atoms with Gasteiger partial charge in [-0.05, 0) is 81.4 Å². The first kappa shape index (κ1) is 62.8. The summed E-state index contributed by atoms with van der Waals surface area (Å²) in [6.45, 7) is 6.33. The molecule has 3 nitrogen and oxygen atoms in total. The molecule has 0 amide bonds. The Hall–Kier alpha value is -7.42. The van der Waals surface area contributed by atoms with Crippen molar-refractivity contribution in [3.63, 3.8) is 0 Å². The van der Waals surface area contributed by atoms with Gasteiger partial charge in [0.15, 0.2) is 6.20 Å². The van der Waals surface area contributed by atoms with Crippen molar-refractivity contribution in [2.24, 2.45) is 0 Å². The van der Waals surface area contributed by atoms with E-state index in [1.165, 1.54) is 0 Å². The first-order valence-corrected chi connectivity index (χ1v) is 22.7. The highest BCUT2D eigenvalue weighted by atomic mass is 19.4. The zero-order chi connectivity index (χ0) is 61.1. The molecule has 1 aromatic heterocycles. The molecule has 0 saturated carbocycles. The lowest BCUT2D eigenvalue weighted by molar-refractivity contribution is -0.657. The Balaban J connectivity index is 0.000000363. The first-order chi connectivity index (χ1) is 36.7. The highest BCUT2D eigenvalue weighted by Crippen LogP contribution is 2.41. The van der Waals surface area contributed by atoms with Gasteiger partial charge in [0, 0.05) is 23.1 Å². The summed E-state index contributed by atoms with van der Waals surface area (Å²) in [4.78, 5) is 12.6. The lowest BCUT2D eigenvalue weighted by Gasteiger charge is -2.46. The second-order valence-corrected chi connectivity index (χ2v) is 19.1. The second kappa shape index (κ2) is 21.5. The van der Waals surface area contributed by atoms with Gasteiger partial charge in [-0.1, -0.05) is 60.7 Å². The molecule has 0 aliphatic heterocycles. The number of alkyl halides is 24. The summed E-state index contributed by atoms with van der Waals surface area (Å²) in [7, 11) is 0. The number of hydrogen-bond acceptors (Lipinski definition) is 2. The van der Waals surface area contributed by atoms with Gasteiger partial charge in [-0.3, -0.25) is 4.79 Å². The topological polar surface area (TPSA) is 30.2 Å². The zero-order valence-corrected chi connectivity index (χ0v) is 40.9. The summed E-state index contributed by atoms with van der Waals surface area (Å²) in [6.07, 6.45) is -52.9. The third-order valence-electron chi connectivity index (χ3n) is 12.1. The molecule has 1 heterocycles. The van der Waals surface area contributed by atoms with Crippen LogP contribution in [0, 0.1) is 0 Å². The van der Waals surface area contributed by atoms with E-state index in [4.69, 9.17) is 4.74 Å². The molecule has 7 rings (SSSR count). The van der Waals surface area contributed by atoms with E-state index in [-0.39, 0.29) is 11.4 Å². The molecule has 0 saturated heterocycles. The normalized spacial score (nSPS) is 13.5. The maximum atomic E-state index is 14.2. The quantitative estimate of drug-likeness (QED) is 0.0657. The molecule has 28 heteroatoms. The Morgan fingerprint density at radius 1 is 0.383 bits per heavy atom. The number of fused-ring (bicyclic) bond motifs is 1. The van der Waals surface area contributed by atoms with Crippen LogP contribution in [-0.2, 0) is 56.0 Å². The van der Waals surface area contributed by atoms with E-state index in [0.29, 0.717) is 12.1 Å². The van der Waals surface area contributed by atoms with Crippen molar-refractivity contribution < 1.29 is 119 Å². The van der Waals surface area contributed by atoms with Crippen LogP contribution in [0.3, 0.4) is 0 Å². The predicted molar refractivity (Wildman–Crippen MR) is 245 cm³/mol. The Bertz CT molecular complexity index is 2990. The average Bonchev–Trinajstić information content (AvgIpc) is 3.53. The molecule has 0 spiro atoms. The van der Waals surface area contributed by atoms with Gasteiger partial charge in [0.25, 0.3) is 0 Å². The molecule has 0 aliphatic rings. The lowest BCUT2D eigenvalue weighted by Crippen LogP contribution is -2.75. The van der Waals surface area contributed by atoms with E-state index < -0.39 is 195 Å². The molecule has 0 radical (unpaired) electrons. The standard InChI is InChI=1S/C32H12BF24.C21H22NO2/c34-25(35,36)13-1-14(26(37,38)39)6-21(5-13)33(22-7-15(27(40,41)42)2-16(8-22)28(43,44)45,23-9-17(29(46,47)48)3-18(10-23)30(49,50)51)24-11-19(31(52,53)54)4-20(12-24)32(55,56)57;1-21(2,3)24-18-12-10-17(11-13-18)20(23)15-22-14-6-8-16-7-4-5-9-19(16)22/h1-12H;4-14H,15H2,1-3H3/q-1;+1. The van der Waals surface area contributed by atoms with Crippen molar-refractivity contribution in [2.75, 3.05) is 0 Å². The monoisotopic (exact) mass is 1180 g/mol. The van der Waals surface area contributed by atoms with E-state index in [1.54, 1.807) is 0 Å². The summed E-state index contributed by atoms with van der Waals surface area (Å²) in [5, 5.41) is 1.13. The van der Waals surface area contributed by atoms with Crippen molar-refractivity contribution in [2.45, 2.75) is 82.3 Å². The lowest BCUT2D eigenvalue weighted by atomic mass is 9.12. The number of para-hydroxylation sites is 1. The molecular formula is C53H34BF24NO2. The SMILES string of the molecule is CC(C)(C)Oc1ccc(C(=O)C[n+]2cccc3ccccc32)cc1.FC(F)(F)c1cc([B-](c2cc(C(F)(F)F)cc(C(F)(F)F)c2)(c2cc(C(F)(F)F)cc(C(F)(F)F)c2)c2cc(C(F)(F)F)cc(C(F)(F)F)c2)cc(C(F)(F)F)c1. The van der Waals surface area contributed by atoms with Crippen LogP contribution in [0.15, 0.2) is 140 Å². The highest BCUT2D eigenvalue weighted by Gasteiger charge is 2.47. The van der Waals surface area contributed by atoms with Crippen LogP contribution in [-0.4, -0.2) is 17.5 Å². The Morgan fingerprint density at radius 2 is 0.654 bits per heavy atom. The fourth-order valence-corrected chi connectivity index (χ4v) is 8.74. The van der Waals surface area contributed by atoms with Crippen LogP contribution >= 0.6 is 0 Å². The van der Waals surface area contributed by atoms with Crippen molar-refractivity contribution >= 4 is 44.7 Å². The Morgan fingerprint density at radius 3 is 0.926 bits per heavy atom. The largest absolute Gasteiger partial charge is 0.488 e. The number of carbonyl (C=O) groups excluding carboxylic acids is 1. The van der Waals surface area contributed by atoms with Crippen molar-refractivity contribution in [1.82, 2.24) is 0 Å². The van der Waals surface area contributed by atoms with E-state index in [0.717, 1.165) is 16.7 Å². The zero-order valence-electron chi connectivity index (χ0n) is 40.9. The number of hydrogen-bond donors (Lipinski definition) is 0. The van der Waals surface area contributed by atoms with Crippen LogP contribution in [0.4, 0.5) is 105 Å². The average molecular weight is 1180 g/mol. The van der Waals surface area contributed by atoms with E-state index in [1.807, 2.05) is 80.1 Å². The number of rotatable bonds is 8. The van der Waals surface area contributed by atoms with E-state index >= 15 is 0 Å². The molecule has 434 valence electrons. The minimum Gasteiger partial charge on any atom is -0.488 e. The number of ketones is 1. The van der Waals surface area contributed by atoms with Gasteiger partial charge in [0.05, 0.1) is 44.5 Å². The van der Waals surface area contributed by atoms with Gasteiger partial charge < -0.3 is 4.74 Å². The van der Waals surface area contributed by atoms with Crippen molar-refractivity contribution in [3.05, 3.63) is 190 Å². The molecule has 0 aliphatic carbocycles. The molecule has 81 heavy (non-hydrogen) atoms. The number of pyridine rings is 1. The number of ether oxygens (including phenoxy) is 1. The van der Waals surface area contributed by atoms with Gasteiger partial charge in [0.1, 0.15) is 17.5 Å². The fraction of sp³-hybridized carbons (Fsp3) is 0.245. The van der Waals surface area contributed by atoms with Gasteiger partial charge in [-0.15, -0.1) is 0 Å². The number of halogens is 24. The van der Waals surface area contributed by atoms with Crippen LogP contribution in [0.25, 0.3) is 10.9 Å². The molecule has 7 aromatic rings. The second-order valence-electron chi connectivity index (χ2n) is 19.1. The fourth-order valence-electron chi connectivity index (χ4n) is 8.74. The number of nitrogens with zero attached hydrogens (tertiary/aromatic N) is 1. The molecule has 0 bridgehead atoms. The summed E-state index contributed by atoms with van der Waals surface area (Å²) < 4.78 is 349. The number of benzene rings is 6. The molecule has 0 atom stereocenters. The summed E-state index contributed by atoms with van der Waals surface area (Å²) in [5.41, 5.74) is -28.7. The highest BCUT2D eigenvalue weighted by molar-refractivity contribution is 7.20. The van der Waals surface area contributed by atoms with Gasteiger partial charge in [0.2, 0.25) is 17.8 Å².